The average molecular weight is 382 g/mol. The van der Waals surface area contributed by atoms with Crippen LogP contribution in [-0.4, -0.2) is 33.9 Å². The number of carbonyl (C=O) groups is 1. The second-order valence-corrected chi connectivity index (χ2v) is 6.97. The van der Waals surface area contributed by atoms with Gasteiger partial charge in [0, 0.05) is 11.6 Å². The van der Waals surface area contributed by atoms with Crippen molar-refractivity contribution in [2.24, 2.45) is 0 Å². The number of imidazole rings is 1. The first kappa shape index (κ1) is 17.6. The van der Waals surface area contributed by atoms with Gasteiger partial charge in [0.05, 0.1) is 22.6 Å². The lowest BCUT2D eigenvalue weighted by molar-refractivity contribution is 0.0726. The van der Waals surface area contributed by atoms with Crippen LogP contribution in [0.5, 0.6) is 5.75 Å². The fourth-order valence-electron chi connectivity index (χ4n) is 3.52. The van der Waals surface area contributed by atoms with E-state index in [4.69, 9.17) is 21.3 Å². The van der Waals surface area contributed by atoms with Gasteiger partial charge < -0.3 is 14.6 Å². The van der Waals surface area contributed by atoms with Crippen molar-refractivity contribution in [3.8, 4) is 5.75 Å². The van der Waals surface area contributed by atoms with Gasteiger partial charge in [-0.1, -0.05) is 36.4 Å². The number of hydrogen-bond donors (Lipinski definition) is 1. The Balaban J connectivity index is 1.66. The molecule has 1 fully saturated rings. The van der Waals surface area contributed by atoms with Crippen LogP contribution in [0.25, 0.3) is 11.0 Å². The maximum Gasteiger partial charge on any atom is 0.258 e. The predicted molar refractivity (Wildman–Crippen MR) is 106 cm³/mol. The molecule has 0 unspecified atom stereocenters. The summed E-state index contributed by atoms with van der Waals surface area (Å²) < 4.78 is 5.66. The van der Waals surface area contributed by atoms with E-state index in [9.17, 15) is 4.79 Å². The number of benzene rings is 2. The molecule has 27 heavy (non-hydrogen) atoms. The van der Waals surface area contributed by atoms with E-state index in [0.717, 1.165) is 29.7 Å². The molecule has 1 saturated heterocycles. The maximum absolute atomic E-state index is 13.3. The number of carbonyl (C=O) groups excluding carboxylic acids is 1. The molecule has 1 amide bonds. The lowest BCUT2D eigenvalue weighted by atomic mass is 10.1. The van der Waals surface area contributed by atoms with Gasteiger partial charge in [0.25, 0.3) is 5.91 Å². The summed E-state index contributed by atoms with van der Waals surface area (Å²) in [4.78, 5) is 23.2. The summed E-state index contributed by atoms with van der Waals surface area (Å²) in [5, 5.41) is 0.504. The Morgan fingerprint density at radius 1 is 1.37 bits per heavy atom. The van der Waals surface area contributed by atoms with Crippen molar-refractivity contribution in [2.45, 2.75) is 18.9 Å². The summed E-state index contributed by atoms with van der Waals surface area (Å²) in [6.45, 7) is 4.66. The van der Waals surface area contributed by atoms with Crippen LogP contribution in [0.3, 0.4) is 0 Å². The van der Waals surface area contributed by atoms with E-state index < -0.39 is 0 Å². The highest BCUT2D eigenvalue weighted by molar-refractivity contribution is 6.31. The molecule has 0 saturated carbocycles. The Hall–Kier alpha value is -2.79. The van der Waals surface area contributed by atoms with Crippen LogP contribution in [0.1, 0.15) is 35.1 Å². The van der Waals surface area contributed by atoms with Crippen molar-refractivity contribution in [3.63, 3.8) is 0 Å². The Kier molecular flexibility index (Phi) is 4.86. The normalized spacial score (nSPS) is 16.6. The van der Waals surface area contributed by atoms with E-state index in [1.807, 2.05) is 29.2 Å². The standard InChI is InChI=1S/C21H20ClN3O2/c1-2-12-27-19-10-9-14(22)13-15(19)21(26)25-11-5-8-18(25)20-23-16-6-3-4-7-17(16)24-20/h2-4,6-7,9-10,13,18H,1,5,8,11-12H2,(H,23,24)/t18-/m1/s1. The van der Waals surface area contributed by atoms with E-state index in [1.165, 1.54) is 0 Å². The summed E-state index contributed by atoms with van der Waals surface area (Å²) in [7, 11) is 0. The van der Waals surface area contributed by atoms with Crippen LogP contribution in [-0.2, 0) is 0 Å². The molecule has 2 aromatic carbocycles. The number of nitrogens with zero attached hydrogens (tertiary/aromatic N) is 2. The topological polar surface area (TPSA) is 58.2 Å². The van der Waals surface area contributed by atoms with E-state index in [0.29, 0.717) is 29.5 Å². The third kappa shape index (κ3) is 3.43. The summed E-state index contributed by atoms with van der Waals surface area (Å²) in [6, 6.07) is 12.9. The molecule has 1 aliphatic rings. The van der Waals surface area contributed by atoms with Gasteiger partial charge in [0.1, 0.15) is 18.2 Å². The molecule has 5 nitrogen and oxygen atoms in total. The summed E-state index contributed by atoms with van der Waals surface area (Å²) in [5.41, 5.74) is 2.35. The molecule has 0 aliphatic carbocycles. The third-order valence-electron chi connectivity index (χ3n) is 4.77. The number of H-pyrrole nitrogens is 1. The number of likely N-dealkylation sites (tertiary alicyclic amines) is 1. The number of aromatic nitrogens is 2. The highest BCUT2D eigenvalue weighted by atomic mass is 35.5. The first-order valence-electron chi connectivity index (χ1n) is 8.96. The van der Waals surface area contributed by atoms with Crippen molar-refractivity contribution >= 4 is 28.5 Å². The van der Waals surface area contributed by atoms with Crippen LogP contribution in [0.15, 0.2) is 55.1 Å². The molecule has 0 spiro atoms. The highest BCUT2D eigenvalue weighted by Crippen LogP contribution is 2.34. The largest absolute Gasteiger partial charge is 0.489 e. The van der Waals surface area contributed by atoms with Crippen molar-refractivity contribution < 1.29 is 9.53 Å². The van der Waals surface area contributed by atoms with Gasteiger partial charge in [-0.3, -0.25) is 4.79 Å². The number of aromatic amines is 1. The van der Waals surface area contributed by atoms with Crippen LogP contribution < -0.4 is 4.74 Å². The molecule has 0 bridgehead atoms. The minimum Gasteiger partial charge on any atom is -0.489 e. The lowest BCUT2D eigenvalue weighted by Crippen LogP contribution is -2.31. The molecule has 1 aliphatic heterocycles. The zero-order valence-electron chi connectivity index (χ0n) is 14.8. The van der Waals surface area contributed by atoms with Crippen LogP contribution >= 0.6 is 11.6 Å². The van der Waals surface area contributed by atoms with E-state index in [-0.39, 0.29) is 11.9 Å². The van der Waals surface area contributed by atoms with Crippen molar-refractivity contribution in [1.82, 2.24) is 14.9 Å². The molecule has 1 aromatic heterocycles. The Morgan fingerprint density at radius 3 is 3.04 bits per heavy atom. The molecule has 0 radical (unpaired) electrons. The fraction of sp³-hybridized carbons (Fsp3) is 0.238. The van der Waals surface area contributed by atoms with Gasteiger partial charge >= 0.3 is 0 Å². The summed E-state index contributed by atoms with van der Waals surface area (Å²) in [6.07, 6.45) is 3.45. The fourth-order valence-corrected chi connectivity index (χ4v) is 3.70. The lowest BCUT2D eigenvalue weighted by Gasteiger charge is -2.24. The van der Waals surface area contributed by atoms with E-state index in [2.05, 4.69) is 11.6 Å². The first-order valence-corrected chi connectivity index (χ1v) is 9.34. The molecule has 1 atom stereocenters. The number of fused-ring (bicyclic) bond motifs is 1. The number of amides is 1. The van der Waals surface area contributed by atoms with Gasteiger partial charge in [-0.2, -0.15) is 0 Å². The molecule has 1 N–H and O–H groups in total. The smallest absolute Gasteiger partial charge is 0.258 e. The second kappa shape index (κ2) is 7.45. The minimum absolute atomic E-state index is 0.0869. The average Bonchev–Trinajstić information content (AvgIpc) is 3.32. The quantitative estimate of drug-likeness (QED) is 0.648. The molecule has 138 valence electrons. The Labute approximate surface area is 162 Å². The predicted octanol–water partition coefficient (Wildman–Crippen LogP) is 4.76. The number of ether oxygens (including phenoxy) is 1. The zero-order chi connectivity index (χ0) is 18.8. The molecular weight excluding hydrogens is 362 g/mol. The summed E-state index contributed by atoms with van der Waals surface area (Å²) in [5.74, 6) is 1.23. The van der Waals surface area contributed by atoms with Crippen molar-refractivity contribution in [2.75, 3.05) is 13.2 Å². The number of rotatable bonds is 5. The van der Waals surface area contributed by atoms with Crippen LogP contribution in [0.4, 0.5) is 0 Å². The molecule has 2 heterocycles. The monoisotopic (exact) mass is 381 g/mol. The number of para-hydroxylation sites is 2. The van der Waals surface area contributed by atoms with Crippen molar-refractivity contribution in [3.05, 3.63) is 71.5 Å². The third-order valence-corrected chi connectivity index (χ3v) is 5.00. The molecule has 4 rings (SSSR count). The molecular formula is C21H20ClN3O2. The first-order chi connectivity index (χ1) is 13.2. The van der Waals surface area contributed by atoms with Gasteiger partial charge in [0.2, 0.25) is 0 Å². The number of hydrogen-bond acceptors (Lipinski definition) is 3. The highest BCUT2D eigenvalue weighted by Gasteiger charge is 2.34. The molecule has 6 heteroatoms. The van der Waals surface area contributed by atoms with Crippen molar-refractivity contribution in [1.29, 1.82) is 0 Å². The van der Waals surface area contributed by atoms with Crippen LogP contribution in [0.2, 0.25) is 5.02 Å². The SMILES string of the molecule is C=CCOc1ccc(Cl)cc1C(=O)N1CCC[C@@H]1c1nc2ccccc2[nH]1. The Bertz CT molecular complexity index is 965. The Morgan fingerprint density at radius 2 is 2.22 bits per heavy atom. The van der Waals surface area contributed by atoms with Crippen LogP contribution in [0, 0.1) is 0 Å². The molecule has 3 aromatic rings. The van der Waals surface area contributed by atoms with E-state index in [1.54, 1.807) is 24.3 Å². The van der Waals surface area contributed by atoms with Gasteiger partial charge in [0.15, 0.2) is 0 Å². The van der Waals surface area contributed by atoms with Gasteiger partial charge in [-0.05, 0) is 43.2 Å². The van der Waals surface area contributed by atoms with E-state index >= 15 is 0 Å². The van der Waals surface area contributed by atoms with Gasteiger partial charge in [-0.15, -0.1) is 0 Å². The second-order valence-electron chi connectivity index (χ2n) is 6.54. The number of nitrogens with one attached hydrogen (secondary N) is 1. The summed E-state index contributed by atoms with van der Waals surface area (Å²) >= 11 is 6.14. The number of halogens is 1. The zero-order valence-corrected chi connectivity index (χ0v) is 15.6. The van der Waals surface area contributed by atoms with Gasteiger partial charge in [-0.25, -0.2) is 4.98 Å². The minimum atomic E-state index is -0.0977. The maximum atomic E-state index is 13.3.